The number of hydrogen-bond acceptors (Lipinski definition) is 2. The smallest absolute Gasteiger partial charge is 0.308 e. The number of carbonyl (C=O) groups is 2. The van der Waals surface area contributed by atoms with E-state index in [-0.39, 0.29) is 18.4 Å². The highest BCUT2D eigenvalue weighted by molar-refractivity contribution is 5.82. The van der Waals surface area contributed by atoms with Gasteiger partial charge in [0, 0.05) is 12.5 Å². The van der Waals surface area contributed by atoms with Crippen LogP contribution < -0.4 is 5.32 Å². The van der Waals surface area contributed by atoms with E-state index >= 15 is 0 Å². The fourth-order valence-corrected chi connectivity index (χ4v) is 1.16. The van der Waals surface area contributed by atoms with Crippen LogP contribution in [0.4, 0.5) is 0 Å². The van der Waals surface area contributed by atoms with Crippen molar-refractivity contribution in [2.75, 3.05) is 6.54 Å². The Hall–Kier alpha value is -1.06. The monoisotopic (exact) mass is 185 g/mol. The summed E-state index contributed by atoms with van der Waals surface area (Å²) in [5, 5.41) is 11.2. The number of aliphatic carboxylic acids is 1. The van der Waals surface area contributed by atoms with Crippen molar-refractivity contribution >= 4 is 11.9 Å². The topological polar surface area (TPSA) is 66.4 Å². The number of carboxylic acid groups (broad SMARTS) is 1. The van der Waals surface area contributed by atoms with Crippen LogP contribution in [0.25, 0.3) is 0 Å². The van der Waals surface area contributed by atoms with Crippen LogP contribution in [0.5, 0.6) is 0 Å². The molecule has 4 heteroatoms. The third kappa shape index (κ3) is 2.72. The summed E-state index contributed by atoms with van der Waals surface area (Å²) < 4.78 is 0. The van der Waals surface area contributed by atoms with E-state index in [1.165, 1.54) is 0 Å². The van der Waals surface area contributed by atoms with Gasteiger partial charge in [0.15, 0.2) is 0 Å². The summed E-state index contributed by atoms with van der Waals surface area (Å²) in [5.74, 6) is -0.774. The molecule has 0 aromatic carbocycles. The van der Waals surface area contributed by atoms with E-state index in [1.54, 1.807) is 6.92 Å². The van der Waals surface area contributed by atoms with Crippen molar-refractivity contribution in [1.29, 1.82) is 0 Å². The predicted octanol–water partition coefficient (Wildman–Crippen LogP) is 0.479. The molecule has 0 heterocycles. The van der Waals surface area contributed by atoms with Gasteiger partial charge in [0.05, 0.1) is 5.92 Å². The van der Waals surface area contributed by atoms with Gasteiger partial charge in [-0.15, -0.1) is 0 Å². The quantitative estimate of drug-likeness (QED) is 0.669. The Morgan fingerprint density at radius 1 is 1.62 bits per heavy atom. The highest BCUT2D eigenvalue weighted by Crippen LogP contribution is 2.37. The minimum Gasteiger partial charge on any atom is -0.481 e. The number of nitrogens with one attached hydrogen (secondary N) is 1. The molecule has 1 aliphatic carbocycles. The van der Waals surface area contributed by atoms with Crippen LogP contribution in [0, 0.1) is 17.8 Å². The predicted molar refractivity (Wildman–Crippen MR) is 47.1 cm³/mol. The summed E-state index contributed by atoms with van der Waals surface area (Å²) in [6.07, 6.45) is 0.938. The van der Waals surface area contributed by atoms with Gasteiger partial charge < -0.3 is 10.4 Å². The fourth-order valence-electron chi connectivity index (χ4n) is 1.16. The summed E-state index contributed by atoms with van der Waals surface area (Å²) in [6, 6.07) is 0. The molecule has 1 aliphatic rings. The lowest BCUT2D eigenvalue weighted by molar-refractivity contribution is -0.141. The van der Waals surface area contributed by atoms with Crippen LogP contribution in [-0.2, 0) is 9.59 Å². The van der Waals surface area contributed by atoms with Gasteiger partial charge in [0.2, 0.25) is 5.91 Å². The lowest BCUT2D eigenvalue weighted by Crippen LogP contribution is -2.32. The number of rotatable bonds is 4. The fraction of sp³-hybridized carbons (Fsp3) is 0.778. The first-order chi connectivity index (χ1) is 6.02. The Bertz CT molecular complexity index is 227. The zero-order valence-electron chi connectivity index (χ0n) is 7.91. The van der Waals surface area contributed by atoms with E-state index in [0.717, 1.165) is 6.42 Å². The number of hydrogen-bond donors (Lipinski definition) is 2. The zero-order valence-corrected chi connectivity index (χ0v) is 7.91. The first kappa shape index (κ1) is 10.0. The van der Waals surface area contributed by atoms with Crippen molar-refractivity contribution in [3.05, 3.63) is 0 Å². The molecule has 0 aromatic heterocycles. The van der Waals surface area contributed by atoms with Crippen molar-refractivity contribution in [1.82, 2.24) is 5.32 Å². The van der Waals surface area contributed by atoms with Gasteiger partial charge in [0.25, 0.3) is 0 Å². The summed E-state index contributed by atoms with van der Waals surface area (Å²) in [7, 11) is 0. The van der Waals surface area contributed by atoms with Crippen molar-refractivity contribution in [3.8, 4) is 0 Å². The molecule has 13 heavy (non-hydrogen) atoms. The van der Waals surface area contributed by atoms with Crippen molar-refractivity contribution in [3.63, 3.8) is 0 Å². The standard InChI is InChI=1S/C9H15NO3/c1-5-3-7(5)8(11)10-4-6(2)9(12)13/h5-7H,3-4H2,1-2H3,(H,10,11)(H,12,13). The van der Waals surface area contributed by atoms with Crippen LogP contribution in [-0.4, -0.2) is 23.5 Å². The van der Waals surface area contributed by atoms with E-state index in [1.807, 2.05) is 6.92 Å². The van der Waals surface area contributed by atoms with E-state index in [4.69, 9.17) is 5.11 Å². The summed E-state index contributed by atoms with van der Waals surface area (Å²) in [5.41, 5.74) is 0. The van der Waals surface area contributed by atoms with Gasteiger partial charge in [-0.05, 0) is 12.3 Å². The molecule has 0 saturated heterocycles. The molecule has 0 aromatic rings. The van der Waals surface area contributed by atoms with E-state index in [9.17, 15) is 9.59 Å². The van der Waals surface area contributed by atoms with Gasteiger partial charge in [-0.2, -0.15) is 0 Å². The minimum atomic E-state index is -0.871. The highest BCUT2D eigenvalue weighted by Gasteiger charge is 2.38. The second-order valence-electron chi connectivity index (χ2n) is 3.80. The molecule has 0 aliphatic heterocycles. The SMILES string of the molecule is CC(CNC(=O)C1CC1C)C(=O)O. The minimum absolute atomic E-state index is 0.000556. The zero-order chi connectivity index (χ0) is 10.0. The normalized spacial score (nSPS) is 27.8. The molecule has 0 bridgehead atoms. The Kier molecular flexibility index (Phi) is 2.90. The van der Waals surface area contributed by atoms with Gasteiger partial charge in [-0.1, -0.05) is 13.8 Å². The maximum atomic E-state index is 11.2. The number of carboxylic acids is 1. The largest absolute Gasteiger partial charge is 0.481 e. The average Bonchev–Trinajstić information content (AvgIpc) is 2.77. The molecule has 1 saturated carbocycles. The van der Waals surface area contributed by atoms with Crippen LogP contribution in [0.15, 0.2) is 0 Å². The van der Waals surface area contributed by atoms with Crippen molar-refractivity contribution in [2.45, 2.75) is 20.3 Å². The maximum Gasteiger partial charge on any atom is 0.308 e. The highest BCUT2D eigenvalue weighted by atomic mass is 16.4. The first-order valence-electron chi connectivity index (χ1n) is 4.53. The van der Waals surface area contributed by atoms with E-state index in [2.05, 4.69) is 5.32 Å². The molecule has 74 valence electrons. The van der Waals surface area contributed by atoms with Crippen LogP contribution in [0.2, 0.25) is 0 Å². The lowest BCUT2D eigenvalue weighted by Gasteiger charge is -2.07. The molecule has 2 N–H and O–H groups in total. The molecule has 4 nitrogen and oxygen atoms in total. The Balaban J connectivity index is 2.19. The second kappa shape index (κ2) is 3.77. The van der Waals surface area contributed by atoms with Gasteiger partial charge >= 0.3 is 5.97 Å². The average molecular weight is 185 g/mol. The summed E-state index contributed by atoms with van der Waals surface area (Å²) >= 11 is 0. The Morgan fingerprint density at radius 3 is 2.54 bits per heavy atom. The Labute approximate surface area is 77.3 Å². The lowest BCUT2D eigenvalue weighted by atomic mass is 10.2. The molecule has 0 spiro atoms. The Morgan fingerprint density at radius 2 is 2.15 bits per heavy atom. The molecule has 1 rings (SSSR count). The second-order valence-corrected chi connectivity index (χ2v) is 3.80. The molecular formula is C9H15NO3. The van der Waals surface area contributed by atoms with Gasteiger partial charge in [0.1, 0.15) is 0 Å². The molecule has 1 fully saturated rings. The summed E-state index contributed by atoms with van der Waals surface area (Å²) in [4.78, 5) is 21.6. The molecule has 3 atom stereocenters. The number of amides is 1. The van der Waals surface area contributed by atoms with Gasteiger partial charge in [-0.25, -0.2) is 0 Å². The van der Waals surface area contributed by atoms with Crippen LogP contribution >= 0.6 is 0 Å². The third-order valence-corrected chi connectivity index (χ3v) is 2.45. The van der Waals surface area contributed by atoms with E-state index in [0.29, 0.717) is 5.92 Å². The van der Waals surface area contributed by atoms with Crippen LogP contribution in [0.3, 0.4) is 0 Å². The molecule has 0 radical (unpaired) electrons. The molecule has 3 unspecified atom stereocenters. The van der Waals surface area contributed by atoms with Crippen molar-refractivity contribution < 1.29 is 14.7 Å². The first-order valence-corrected chi connectivity index (χ1v) is 4.53. The molecular weight excluding hydrogens is 170 g/mol. The molecule has 1 amide bonds. The van der Waals surface area contributed by atoms with Crippen LogP contribution in [0.1, 0.15) is 20.3 Å². The summed E-state index contributed by atoms with van der Waals surface area (Å²) in [6.45, 7) is 3.83. The van der Waals surface area contributed by atoms with Crippen molar-refractivity contribution in [2.24, 2.45) is 17.8 Å². The van der Waals surface area contributed by atoms with Gasteiger partial charge in [-0.3, -0.25) is 9.59 Å². The maximum absolute atomic E-state index is 11.2. The third-order valence-electron chi connectivity index (χ3n) is 2.45. The van der Waals surface area contributed by atoms with E-state index < -0.39 is 11.9 Å². The number of carbonyl (C=O) groups excluding carboxylic acids is 1.